The highest BCUT2D eigenvalue weighted by atomic mass is 16.5. The summed E-state index contributed by atoms with van der Waals surface area (Å²) >= 11 is 0. The Morgan fingerprint density at radius 2 is 2.55 bits per heavy atom. The van der Waals surface area contributed by atoms with Crippen molar-refractivity contribution in [2.75, 3.05) is 19.8 Å². The van der Waals surface area contributed by atoms with Gasteiger partial charge in [0, 0.05) is 6.54 Å². The van der Waals surface area contributed by atoms with Crippen LogP contribution in [-0.2, 0) is 9.53 Å². The van der Waals surface area contributed by atoms with E-state index >= 15 is 0 Å². The summed E-state index contributed by atoms with van der Waals surface area (Å²) in [7, 11) is 0. The summed E-state index contributed by atoms with van der Waals surface area (Å²) < 4.78 is 5.13. The highest BCUT2D eigenvalue weighted by Gasteiger charge is 2.17. The molecule has 0 bridgehead atoms. The van der Waals surface area contributed by atoms with Crippen molar-refractivity contribution in [2.45, 2.75) is 13.0 Å². The fourth-order valence-corrected chi connectivity index (χ4v) is 1.03. The van der Waals surface area contributed by atoms with Crippen molar-refractivity contribution in [1.82, 2.24) is 5.32 Å². The molecule has 1 atom stereocenters. The van der Waals surface area contributed by atoms with Gasteiger partial charge in [-0.15, -0.1) is 0 Å². The van der Waals surface area contributed by atoms with E-state index in [0.29, 0.717) is 13.2 Å². The molecule has 3 heteroatoms. The summed E-state index contributed by atoms with van der Waals surface area (Å²) in [4.78, 5) is 11.2. The molecule has 1 fully saturated rings. The number of carbonyl (C=O) groups excluding carboxylic acids is 1. The molecule has 1 N–H and O–H groups in total. The van der Waals surface area contributed by atoms with Crippen molar-refractivity contribution in [2.24, 2.45) is 0 Å². The van der Waals surface area contributed by atoms with E-state index in [1.54, 1.807) is 12.2 Å². The summed E-state index contributed by atoms with van der Waals surface area (Å²) in [6.45, 7) is 3.82. The van der Waals surface area contributed by atoms with Crippen molar-refractivity contribution < 1.29 is 9.53 Å². The van der Waals surface area contributed by atoms with Gasteiger partial charge in [0.1, 0.15) is 0 Å². The molecule has 1 heterocycles. The highest BCUT2D eigenvalue weighted by Crippen LogP contribution is 1.95. The molecule has 1 aliphatic rings. The molecule has 11 heavy (non-hydrogen) atoms. The third-order valence-electron chi connectivity index (χ3n) is 1.60. The lowest BCUT2D eigenvalue weighted by atomic mass is 10.1. The SMILES string of the molecule is C/C=C/C(=O)C1COCCN1. The molecule has 0 spiro atoms. The van der Waals surface area contributed by atoms with E-state index in [4.69, 9.17) is 4.74 Å². The van der Waals surface area contributed by atoms with Crippen LogP contribution >= 0.6 is 0 Å². The summed E-state index contributed by atoms with van der Waals surface area (Å²) in [5.74, 6) is 0.104. The summed E-state index contributed by atoms with van der Waals surface area (Å²) in [6, 6.07) is -0.125. The lowest BCUT2D eigenvalue weighted by molar-refractivity contribution is -0.119. The summed E-state index contributed by atoms with van der Waals surface area (Å²) in [5, 5.41) is 3.08. The van der Waals surface area contributed by atoms with E-state index in [0.717, 1.165) is 6.54 Å². The van der Waals surface area contributed by atoms with E-state index in [9.17, 15) is 4.79 Å². The first kappa shape index (κ1) is 8.43. The molecule has 0 aliphatic carbocycles. The van der Waals surface area contributed by atoms with E-state index in [1.165, 1.54) is 0 Å². The number of ketones is 1. The first-order valence-electron chi connectivity index (χ1n) is 3.82. The lowest BCUT2D eigenvalue weighted by Gasteiger charge is -2.21. The number of nitrogens with one attached hydrogen (secondary N) is 1. The predicted octanol–water partition coefficient (Wildman–Crippen LogP) is 0.120. The normalized spacial score (nSPS) is 25.7. The van der Waals surface area contributed by atoms with Gasteiger partial charge in [-0.2, -0.15) is 0 Å². The number of rotatable bonds is 2. The van der Waals surface area contributed by atoms with E-state index in [-0.39, 0.29) is 11.8 Å². The summed E-state index contributed by atoms with van der Waals surface area (Å²) in [6.07, 6.45) is 3.32. The lowest BCUT2D eigenvalue weighted by Crippen LogP contribution is -2.45. The minimum absolute atomic E-state index is 0.104. The van der Waals surface area contributed by atoms with Gasteiger partial charge in [0.25, 0.3) is 0 Å². The molecule has 1 aliphatic heterocycles. The average molecular weight is 155 g/mol. The maximum atomic E-state index is 11.2. The van der Waals surface area contributed by atoms with Crippen molar-refractivity contribution in [3.63, 3.8) is 0 Å². The minimum atomic E-state index is -0.125. The van der Waals surface area contributed by atoms with Gasteiger partial charge in [0.05, 0.1) is 19.3 Å². The zero-order valence-electron chi connectivity index (χ0n) is 6.67. The van der Waals surface area contributed by atoms with Gasteiger partial charge in [-0.1, -0.05) is 6.08 Å². The van der Waals surface area contributed by atoms with Crippen LogP contribution in [0, 0.1) is 0 Å². The van der Waals surface area contributed by atoms with Gasteiger partial charge in [0.2, 0.25) is 0 Å². The fourth-order valence-electron chi connectivity index (χ4n) is 1.03. The van der Waals surface area contributed by atoms with E-state index in [2.05, 4.69) is 5.32 Å². The van der Waals surface area contributed by atoms with Crippen LogP contribution in [0.5, 0.6) is 0 Å². The Kier molecular flexibility index (Phi) is 3.26. The monoisotopic (exact) mass is 155 g/mol. The van der Waals surface area contributed by atoms with Crippen LogP contribution in [0.2, 0.25) is 0 Å². The van der Waals surface area contributed by atoms with Crippen LogP contribution in [0.25, 0.3) is 0 Å². The topological polar surface area (TPSA) is 38.3 Å². The molecule has 0 aromatic carbocycles. The second kappa shape index (κ2) is 4.26. The van der Waals surface area contributed by atoms with Crippen LogP contribution < -0.4 is 5.32 Å². The van der Waals surface area contributed by atoms with Crippen LogP contribution in [-0.4, -0.2) is 31.6 Å². The third kappa shape index (κ3) is 2.44. The van der Waals surface area contributed by atoms with Gasteiger partial charge in [-0.3, -0.25) is 4.79 Å². The number of hydrogen-bond donors (Lipinski definition) is 1. The molecule has 0 saturated carbocycles. The molecule has 1 unspecified atom stereocenters. The summed E-state index contributed by atoms with van der Waals surface area (Å²) in [5.41, 5.74) is 0. The Bertz CT molecular complexity index is 159. The molecule has 0 aromatic heterocycles. The first-order valence-corrected chi connectivity index (χ1v) is 3.82. The Hall–Kier alpha value is -0.670. The zero-order chi connectivity index (χ0) is 8.10. The molecule has 0 radical (unpaired) electrons. The second-order valence-corrected chi connectivity index (χ2v) is 2.48. The Balaban J connectivity index is 2.38. The Morgan fingerprint density at radius 3 is 3.09 bits per heavy atom. The molecule has 3 nitrogen and oxygen atoms in total. The maximum Gasteiger partial charge on any atom is 0.174 e. The zero-order valence-corrected chi connectivity index (χ0v) is 6.67. The van der Waals surface area contributed by atoms with Gasteiger partial charge < -0.3 is 10.1 Å². The van der Waals surface area contributed by atoms with Crippen LogP contribution in [0.4, 0.5) is 0 Å². The molecular weight excluding hydrogens is 142 g/mol. The van der Waals surface area contributed by atoms with Gasteiger partial charge >= 0.3 is 0 Å². The van der Waals surface area contributed by atoms with Crippen LogP contribution in [0.3, 0.4) is 0 Å². The number of hydrogen-bond acceptors (Lipinski definition) is 3. The standard InChI is InChI=1S/C8H13NO2/c1-2-3-8(10)7-6-11-5-4-9-7/h2-3,7,9H,4-6H2,1H3/b3-2+. The number of ether oxygens (including phenoxy) is 1. The van der Waals surface area contributed by atoms with Crippen molar-refractivity contribution >= 4 is 5.78 Å². The van der Waals surface area contributed by atoms with Gasteiger partial charge in [0.15, 0.2) is 5.78 Å². The van der Waals surface area contributed by atoms with Crippen molar-refractivity contribution in [3.8, 4) is 0 Å². The molecular formula is C8H13NO2. The Labute approximate surface area is 66.4 Å². The Morgan fingerprint density at radius 1 is 1.73 bits per heavy atom. The molecule has 1 rings (SSSR count). The molecule has 62 valence electrons. The van der Waals surface area contributed by atoms with Gasteiger partial charge in [-0.25, -0.2) is 0 Å². The molecule has 0 amide bonds. The minimum Gasteiger partial charge on any atom is -0.378 e. The quantitative estimate of drug-likeness (QED) is 0.576. The van der Waals surface area contributed by atoms with Crippen LogP contribution in [0.15, 0.2) is 12.2 Å². The number of morpholine rings is 1. The third-order valence-corrected chi connectivity index (χ3v) is 1.60. The number of carbonyl (C=O) groups is 1. The van der Waals surface area contributed by atoms with Crippen LogP contribution in [0.1, 0.15) is 6.92 Å². The largest absolute Gasteiger partial charge is 0.378 e. The van der Waals surface area contributed by atoms with E-state index < -0.39 is 0 Å². The van der Waals surface area contributed by atoms with Gasteiger partial charge in [-0.05, 0) is 13.0 Å². The smallest absolute Gasteiger partial charge is 0.174 e. The molecule has 0 aromatic rings. The van der Waals surface area contributed by atoms with Crippen molar-refractivity contribution in [3.05, 3.63) is 12.2 Å². The first-order chi connectivity index (χ1) is 5.34. The van der Waals surface area contributed by atoms with Crippen molar-refractivity contribution in [1.29, 1.82) is 0 Å². The maximum absolute atomic E-state index is 11.2. The predicted molar refractivity (Wildman–Crippen MR) is 42.4 cm³/mol. The van der Waals surface area contributed by atoms with E-state index in [1.807, 2.05) is 6.92 Å². The molecule has 1 saturated heterocycles. The highest BCUT2D eigenvalue weighted by molar-refractivity contribution is 5.94. The second-order valence-electron chi connectivity index (χ2n) is 2.48. The average Bonchev–Trinajstić information content (AvgIpc) is 2.07. The number of allylic oxidation sites excluding steroid dienone is 1. The fraction of sp³-hybridized carbons (Fsp3) is 0.625.